The van der Waals surface area contributed by atoms with Gasteiger partial charge in [-0.15, -0.1) is 0 Å². The maximum atomic E-state index is 2.47. The summed E-state index contributed by atoms with van der Waals surface area (Å²) < 4.78 is 14.6. The Morgan fingerprint density at radius 3 is 0.750 bits per heavy atom. The third kappa shape index (κ3) is 9.47. The molecule has 6 heteroatoms. The Balaban J connectivity index is 0.000000135. The summed E-state index contributed by atoms with van der Waals surface area (Å²) in [7, 11) is 0. The Labute approximate surface area is 622 Å². The van der Waals surface area contributed by atoms with Gasteiger partial charge in [-0.1, -0.05) is 261 Å². The van der Waals surface area contributed by atoms with Crippen LogP contribution in [0, 0.1) is 0 Å². The number of rotatable bonds is 9. The molecule has 0 aliphatic heterocycles. The summed E-state index contributed by atoms with van der Waals surface area (Å²) in [5, 5.41) is 15.0. The van der Waals surface area contributed by atoms with E-state index in [1.165, 1.54) is 170 Å². The SMILES string of the molecule is c1ccc(-c2cccc(-n3c4ccccc4c4cc(-c5ccc6c(c5)c5ccc7c8ccccc8n(-c8ccccc8)c7c5n6-c5ccccc5)ccc43)c2)cc1.c1ccc(-n2c3ccccc3c3ccc(-c4ccc5c(c4)c4ccc6c7ccccc7n(-c7ccccc7)c6c4n5-c4ccccc4)cc32)cc1. The van der Waals surface area contributed by atoms with E-state index in [0.717, 1.165) is 28.4 Å². The van der Waals surface area contributed by atoms with Gasteiger partial charge in [0.15, 0.2) is 0 Å². The molecule has 0 aliphatic rings. The zero-order valence-electron chi connectivity index (χ0n) is 58.8. The molecule has 0 fully saturated rings. The van der Waals surface area contributed by atoms with Gasteiger partial charge in [0.1, 0.15) is 0 Å². The quantitative estimate of drug-likeness (QED) is 0.138. The van der Waals surface area contributed by atoms with Crippen LogP contribution in [0.5, 0.6) is 0 Å². The van der Waals surface area contributed by atoms with Gasteiger partial charge in [-0.3, -0.25) is 0 Å². The molecule has 6 aromatic heterocycles. The first-order valence-corrected chi connectivity index (χ1v) is 37.1. The van der Waals surface area contributed by atoms with Crippen LogP contribution in [-0.4, -0.2) is 27.4 Å². The van der Waals surface area contributed by atoms with Crippen LogP contribution in [-0.2, 0) is 0 Å². The Hall–Kier alpha value is -14.5. The van der Waals surface area contributed by atoms with Crippen LogP contribution < -0.4 is 0 Å². The van der Waals surface area contributed by atoms with Crippen LogP contribution >= 0.6 is 0 Å². The van der Waals surface area contributed by atoms with E-state index in [4.69, 9.17) is 0 Å². The molecule has 6 heterocycles. The van der Waals surface area contributed by atoms with Gasteiger partial charge in [0.25, 0.3) is 0 Å². The van der Waals surface area contributed by atoms with E-state index in [1.54, 1.807) is 0 Å². The minimum absolute atomic E-state index is 1.15. The number of fused-ring (bicyclic) bond motifs is 20. The van der Waals surface area contributed by atoms with E-state index in [-0.39, 0.29) is 0 Å². The van der Waals surface area contributed by atoms with E-state index in [1.807, 2.05) is 0 Å². The first-order chi connectivity index (χ1) is 53.6. The number of hydrogen-bond acceptors (Lipinski definition) is 0. The minimum Gasteiger partial charge on any atom is -0.309 e. The van der Waals surface area contributed by atoms with Gasteiger partial charge in [0, 0.05) is 98.8 Å². The van der Waals surface area contributed by atoms with Crippen molar-refractivity contribution in [2.75, 3.05) is 0 Å². The van der Waals surface area contributed by atoms with E-state index in [9.17, 15) is 0 Å². The fourth-order valence-corrected chi connectivity index (χ4v) is 17.7. The number of nitrogens with zero attached hydrogens (tertiary/aromatic N) is 6. The highest BCUT2D eigenvalue weighted by atomic mass is 15.1. The number of benzene rings is 17. The lowest BCUT2D eigenvalue weighted by molar-refractivity contribution is 1.15. The summed E-state index contributed by atoms with van der Waals surface area (Å²) >= 11 is 0. The second-order valence-electron chi connectivity index (χ2n) is 28.3. The van der Waals surface area contributed by atoms with Gasteiger partial charge < -0.3 is 27.4 Å². The summed E-state index contributed by atoms with van der Waals surface area (Å²) in [6, 6.07) is 146. The Morgan fingerprint density at radius 2 is 0.343 bits per heavy atom. The fourth-order valence-electron chi connectivity index (χ4n) is 17.7. The van der Waals surface area contributed by atoms with Gasteiger partial charge in [-0.2, -0.15) is 0 Å². The monoisotopic (exact) mass is 1370 g/mol. The van der Waals surface area contributed by atoms with Crippen molar-refractivity contribution in [3.63, 3.8) is 0 Å². The number of aromatic nitrogens is 6. The summed E-state index contributed by atoms with van der Waals surface area (Å²) in [6.07, 6.45) is 0. The van der Waals surface area contributed by atoms with Gasteiger partial charge in [0.2, 0.25) is 0 Å². The molecule has 0 amide bonds. The molecule has 0 N–H and O–H groups in total. The molecule has 23 rings (SSSR count). The molecule has 0 saturated carbocycles. The van der Waals surface area contributed by atoms with Crippen LogP contribution in [0.15, 0.2) is 400 Å². The molecule has 0 bridgehead atoms. The Bertz CT molecular complexity index is 7500. The largest absolute Gasteiger partial charge is 0.309 e. The normalized spacial score (nSPS) is 11.9. The molecule has 108 heavy (non-hydrogen) atoms. The average molecular weight is 1380 g/mol. The minimum atomic E-state index is 1.15. The molecule has 6 nitrogen and oxygen atoms in total. The molecule has 23 aromatic rings. The Morgan fingerprint density at radius 1 is 0.111 bits per heavy atom. The summed E-state index contributed by atoms with van der Waals surface area (Å²) in [4.78, 5) is 0. The fraction of sp³-hybridized carbons (Fsp3) is 0. The van der Waals surface area contributed by atoms with Crippen molar-refractivity contribution in [2.45, 2.75) is 0 Å². The van der Waals surface area contributed by atoms with Crippen LogP contribution in [0.1, 0.15) is 0 Å². The highest BCUT2D eigenvalue weighted by Gasteiger charge is 2.25. The maximum absolute atomic E-state index is 2.47. The van der Waals surface area contributed by atoms with Crippen LogP contribution in [0.4, 0.5) is 0 Å². The standard InChI is InChI=1S/C54H35N3.C48H31N3/c1-4-15-36(16-5-1)37-17-14-22-42(33-37)55-49-25-12-11-24-44(49)47-34-38(27-31-51(47)55)39-28-32-52-48(35-39)46-30-29-45-43-23-10-13-26-50(43)56(40-18-6-2-7-19-40)53(45)54(46)57(52)41-20-8-3-9-21-41;1-4-14-34(15-5-1)49-43-22-12-10-20-37(43)39-26-24-33(31-46(39)49)32-25-29-45-42(30-32)41-28-27-40-38-21-11-13-23-44(38)50(35-16-6-2-7-17-35)47(40)48(41)51(45)36-18-8-3-9-19-36/h1-35H;1-31H. The van der Waals surface area contributed by atoms with Crippen molar-refractivity contribution in [3.8, 4) is 67.5 Å². The lowest BCUT2D eigenvalue weighted by Gasteiger charge is -2.12. The molecule has 17 aromatic carbocycles. The lowest BCUT2D eigenvalue weighted by atomic mass is 10.00. The molecule has 0 radical (unpaired) electrons. The third-order valence-corrected chi connectivity index (χ3v) is 22.4. The molecular weight excluding hydrogens is 1310 g/mol. The van der Waals surface area contributed by atoms with Crippen LogP contribution in [0.3, 0.4) is 0 Å². The maximum Gasteiger partial charge on any atom is 0.0788 e. The number of para-hydroxylation sites is 9. The van der Waals surface area contributed by atoms with Crippen molar-refractivity contribution < 1.29 is 0 Å². The predicted molar refractivity (Wildman–Crippen MR) is 455 cm³/mol. The van der Waals surface area contributed by atoms with Gasteiger partial charge in [-0.05, 0) is 173 Å². The van der Waals surface area contributed by atoms with Crippen molar-refractivity contribution in [1.29, 1.82) is 0 Å². The third-order valence-electron chi connectivity index (χ3n) is 22.4. The van der Waals surface area contributed by atoms with Crippen molar-refractivity contribution in [2.24, 2.45) is 0 Å². The first kappa shape index (κ1) is 61.1. The van der Waals surface area contributed by atoms with Crippen molar-refractivity contribution >= 4 is 131 Å². The molecule has 0 spiro atoms. The molecule has 504 valence electrons. The molecule has 0 saturated heterocycles. The second-order valence-corrected chi connectivity index (χ2v) is 28.3. The zero-order chi connectivity index (χ0) is 70.9. The molecule has 0 atom stereocenters. The highest BCUT2D eigenvalue weighted by molar-refractivity contribution is 6.26. The highest BCUT2D eigenvalue weighted by Crippen LogP contribution is 2.47. The molecular formula is C102H66N6. The van der Waals surface area contributed by atoms with Gasteiger partial charge >= 0.3 is 0 Å². The van der Waals surface area contributed by atoms with Gasteiger partial charge in [0.05, 0.1) is 66.2 Å². The Kier molecular flexibility index (Phi) is 13.9. The van der Waals surface area contributed by atoms with Gasteiger partial charge in [-0.25, -0.2) is 0 Å². The molecule has 0 unspecified atom stereocenters. The zero-order valence-corrected chi connectivity index (χ0v) is 58.8. The van der Waals surface area contributed by atoms with E-state index in [2.05, 4.69) is 428 Å². The van der Waals surface area contributed by atoms with E-state index < -0.39 is 0 Å². The lowest BCUT2D eigenvalue weighted by Crippen LogP contribution is -1.98. The average Bonchev–Trinajstić information content (AvgIpc) is 1.55. The van der Waals surface area contributed by atoms with Crippen molar-refractivity contribution in [1.82, 2.24) is 27.4 Å². The van der Waals surface area contributed by atoms with Crippen molar-refractivity contribution in [3.05, 3.63) is 400 Å². The van der Waals surface area contributed by atoms with E-state index >= 15 is 0 Å². The smallest absolute Gasteiger partial charge is 0.0788 e. The topological polar surface area (TPSA) is 29.6 Å². The second kappa shape index (κ2) is 24.6. The summed E-state index contributed by atoms with van der Waals surface area (Å²) in [5.41, 5.74) is 28.6. The van der Waals surface area contributed by atoms with Crippen LogP contribution in [0.2, 0.25) is 0 Å². The summed E-state index contributed by atoms with van der Waals surface area (Å²) in [6.45, 7) is 0. The van der Waals surface area contributed by atoms with Crippen LogP contribution in [0.25, 0.3) is 198 Å². The predicted octanol–water partition coefficient (Wildman–Crippen LogP) is 27.0. The number of hydrogen-bond donors (Lipinski definition) is 0. The molecule has 0 aliphatic carbocycles. The van der Waals surface area contributed by atoms with E-state index in [0.29, 0.717) is 0 Å². The first-order valence-electron chi connectivity index (χ1n) is 37.1. The summed E-state index contributed by atoms with van der Waals surface area (Å²) in [5.74, 6) is 0.